The van der Waals surface area contributed by atoms with E-state index in [1.807, 2.05) is 12.1 Å². The molecular formula is C17H15BrClN. The number of alkyl halides is 1. The molecule has 0 spiro atoms. The molecule has 0 saturated heterocycles. The number of para-hydroxylation sites is 1. The zero-order valence-electron chi connectivity index (χ0n) is 11.0. The second-order valence-electron chi connectivity index (χ2n) is 4.79. The smallest absolute Gasteiger partial charge is 0.0491 e. The second kappa shape index (κ2) is 6.02. The zero-order valence-corrected chi connectivity index (χ0v) is 13.4. The van der Waals surface area contributed by atoms with Crippen LogP contribution in [0.2, 0.25) is 5.02 Å². The maximum absolute atomic E-state index is 5.99. The Labute approximate surface area is 132 Å². The monoisotopic (exact) mass is 347 g/mol. The van der Waals surface area contributed by atoms with Crippen LogP contribution < -0.4 is 0 Å². The minimum absolute atomic E-state index is 0.775. The Balaban J connectivity index is 2.15. The van der Waals surface area contributed by atoms with Crippen LogP contribution in [-0.2, 0) is 6.54 Å². The molecule has 2 aromatic carbocycles. The number of hydrogen-bond donors (Lipinski definition) is 0. The van der Waals surface area contributed by atoms with Crippen molar-refractivity contribution in [3.63, 3.8) is 0 Å². The lowest BCUT2D eigenvalue weighted by Gasteiger charge is -2.10. The summed E-state index contributed by atoms with van der Waals surface area (Å²) < 4.78 is 2.39. The molecule has 0 N–H and O–H groups in total. The van der Waals surface area contributed by atoms with Crippen LogP contribution in [0, 0.1) is 0 Å². The van der Waals surface area contributed by atoms with Crippen molar-refractivity contribution in [3.05, 3.63) is 59.6 Å². The normalized spacial score (nSPS) is 11.1. The molecule has 1 heterocycles. The molecule has 0 atom stereocenters. The first-order valence-electron chi connectivity index (χ1n) is 6.70. The molecule has 0 aliphatic rings. The first kappa shape index (κ1) is 13.7. The van der Waals surface area contributed by atoms with Crippen molar-refractivity contribution in [2.75, 3.05) is 5.33 Å². The predicted octanol–water partition coefficient (Wildman–Crippen LogP) is 5.75. The molecule has 0 radical (unpaired) electrons. The van der Waals surface area contributed by atoms with Gasteiger partial charge in [0.1, 0.15) is 0 Å². The van der Waals surface area contributed by atoms with Crippen molar-refractivity contribution < 1.29 is 0 Å². The van der Waals surface area contributed by atoms with E-state index in [0.29, 0.717) is 0 Å². The third-order valence-corrected chi connectivity index (χ3v) is 4.28. The topological polar surface area (TPSA) is 4.93 Å². The highest BCUT2D eigenvalue weighted by molar-refractivity contribution is 9.09. The number of aromatic nitrogens is 1. The standard InChI is InChI=1S/C17H15BrClN/c18-10-3-11-20-16-5-2-1-4-14(16)12-17(20)13-6-8-15(19)9-7-13/h1-2,4-9,12H,3,10-11H2. The first-order valence-corrected chi connectivity index (χ1v) is 8.20. The summed E-state index contributed by atoms with van der Waals surface area (Å²) in [5.41, 5.74) is 3.75. The lowest BCUT2D eigenvalue weighted by Crippen LogP contribution is -2.00. The van der Waals surface area contributed by atoms with Gasteiger partial charge >= 0.3 is 0 Å². The Morgan fingerprint density at radius 1 is 1.00 bits per heavy atom. The van der Waals surface area contributed by atoms with Crippen LogP contribution in [0.4, 0.5) is 0 Å². The van der Waals surface area contributed by atoms with Gasteiger partial charge in [-0.05, 0) is 36.2 Å². The van der Waals surface area contributed by atoms with E-state index in [1.54, 1.807) is 0 Å². The van der Waals surface area contributed by atoms with Crippen molar-refractivity contribution in [1.82, 2.24) is 4.57 Å². The number of nitrogens with zero attached hydrogens (tertiary/aromatic N) is 1. The van der Waals surface area contributed by atoms with Gasteiger partial charge in [-0.2, -0.15) is 0 Å². The summed E-state index contributed by atoms with van der Waals surface area (Å²) in [7, 11) is 0. The Kier molecular flexibility index (Phi) is 4.13. The van der Waals surface area contributed by atoms with Crippen molar-refractivity contribution in [3.8, 4) is 11.3 Å². The van der Waals surface area contributed by atoms with Gasteiger partial charge in [-0.25, -0.2) is 0 Å². The molecule has 3 rings (SSSR count). The van der Waals surface area contributed by atoms with Crippen LogP contribution in [0.15, 0.2) is 54.6 Å². The largest absolute Gasteiger partial charge is 0.340 e. The first-order chi connectivity index (χ1) is 9.79. The van der Waals surface area contributed by atoms with E-state index in [-0.39, 0.29) is 0 Å². The van der Waals surface area contributed by atoms with Crippen LogP contribution in [0.1, 0.15) is 6.42 Å². The average molecular weight is 349 g/mol. The molecule has 102 valence electrons. The summed E-state index contributed by atoms with van der Waals surface area (Å²) in [4.78, 5) is 0. The number of benzene rings is 2. The third-order valence-electron chi connectivity index (χ3n) is 3.47. The van der Waals surface area contributed by atoms with Gasteiger partial charge < -0.3 is 4.57 Å². The van der Waals surface area contributed by atoms with E-state index in [2.05, 4.69) is 63.0 Å². The number of aryl methyl sites for hydroxylation is 1. The van der Waals surface area contributed by atoms with Gasteiger partial charge in [-0.3, -0.25) is 0 Å². The summed E-state index contributed by atoms with van der Waals surface area (Å²) in [6.45, 7) is 1.01. The van der Waals surface area contributed by atoms with Gasteiger partial charge in [0.2, 0.25) is 0 Å². The fourth-order valence-electron chi connectivity index (χ4n) is 2.53. The predicted molar refractivity (Wildman–Crippen MR) is 90.8 cm³/mol. The second-order valence-corrected chi connectivity index (χ2v) is 6.02. The molecular weight excluding hydrogens is 334 g/mol. The third kappa shape index (κ3) is 2.63. The molecule has 0 fully saturated rings. The number of halogens is 2. The maximum atomic E-state index is 5.99. The molecule has 20 heavy (non-hydrogen) atoms. The number of rotatable bonds is 4. The van der Waals surface area contributed by atoms with E-state index in [9.17, 15) is 0 Å². The van der Waals surface area contributed by atoms with E-state index < -0.39 is 0 Å². The lowest BCUT2D eigenvalue weighted by atomic mass is 10.1. The van der Waals surface area contributed by atoms with Crippen LogP contribution in [0.3, 0.4) is 0 Å². The Hall–Kier alpha value is -1.25. The average Bonchev–Trinajstić information content (AvgIpc) is 2.84. The molecule has 3 heteroatoms. The highest BCUT2D eigenvalue weighted by Gasteiger charge is 2.09. The molecule has 0 bridgehead atoms. The fraction of sp³-hybridized carbons (Fsp3) is 0.176. The van der Waals surface area contributed by atoms with E-state index in [0.717, 1.165) is 23.3 Å². The SMILES string of the molecule is Clc1ccc(-c2cc3ccccc3n2CCCBr)cc1. The molecule has 1 aromatic heterocycles. The van der Waals surface area contributed by atoms with Gasteiger partial charge in [0, 0.05) is 33.5 Å². The number of hydrogen-bond acceptors (Lipinski definition) is 0. The highest BCUT2D eigenvalue weighted by Crippen LogP contribution is 2.29. The Bertz CT molecular complexity index is 715. The Morgan fingerprint density at radius 3 is 2.50 bits per heavy atom. The van der Waals surface area contributed by atoms with Gasteiger partial charge in [-0.1, -0.05) is 57.9 Å². The summed E-state index contributed by atoms with van der Waals surface area (Å²) in [6, 6.07) is 18.9. The summed E-state index contributed by atoms with van der Waals surface area (Å²) in [5, 5.41) is 3.07. The minimum Gasteiger partial charge on any atom is -0.340 e. The maximum Gasteiger partial charge on any atom is 0.0491 e. The quantitative estimate of drug-likeness (QED) is 0.529. The number of fused-ring (bicyclic) bond motifs is 1. The van der Waals surface area contributed by atoms with Crippen molar-refractivity contribution in [1.29, 1.82) is 0 Å². The molecule has 0 saturated carbocycles. The highest BCUT2D eigenvalue weighted by atomic mass is 79.9. The molecule has 0 amide bonds. The fourth-order valence-corrected chi connectivity index (χ4v) is 2.91. The molecule has 0 unspecified atom stereocenters. The summed E-state index contributed by atoms with van der Waals surface area (Å²) in [5.74, 6) is 0. The Morgan fingerprint density at radius 2 is 1.75 bits per heavy atom. The van der Waals surface area contributed by atoms with Crippen LogP contribution in [0.25, 0.3) is 22.2 Å². The van der Waals surface area contributed by atoms with Crippen LogP contribution in [-0.4, -0.2) is 9.90 Å². The van der Waals surface area contributed by atoms with E-state index >= 15 is 0 Å². The van der Waals surface area contributed by atoms with Gasteiger partial charge in [0.25, 0.3) is 0 Å². The van der Waals surface area contributed by atoms with E-state index in [1.165, 1.54) is 22.2 Å². The van der Waals surface area contributed by atoms with Gasteiger partial charge in [0.05, 0.1) is 0 Å². The summed E-state index contributed by atoms with van der Waals surface area (Å²) in [6.07, 6.45) is 1.11. The van der Waals surface area contributed by atoms with E-state index in [4.69, 9.17) is 11.6 Å². The van der Waals surface area contributed by atoms with Crippen molar-refractivity contribution in [2.45, 2.75) is 13.0 Å². The van der Waals surface area contributed by atoms with Crippen molar-refractivity contribution in [2.24, 2.45) is 0 Å². The molecule has 0 aliphatic heterocycles. The van der Waals surface area contributed by atoms with Crippen molar-refractivity contribution >= 4 is 38.4 Å². The van der Waals surface area contributed by atoms with Crippen LogP contribution >= 0.6 is 27.5 Å². The molecule has 0 aliphatic carbocycles. The summed E-state index contributed by atoms with van der Waals surface area (Å²) >= 11 is 9.51. The van der Waals surface area contributed by atoms with Gasteiger partial charge in [0.15, 0.2) is 0 Å². The van der Waals surface area contributed by atoms with Gasteiger partial charge in [-0.15, -0.1) is 0 Å². The lowest BCUT2D eigenvalue weighted by molar-refractivity contribution is 0.717. The molecule has 3 aromatic rings. The van der Waals surface area contributed by atoms with Crippen LogP contribution in [0.5, 0.6) is 0 Å². The zero-order chi connectivity index (χ0) is 13.9. The molecule has 1 nitrogen and oxygen atoms in total. The minimum atomic E-state index is 0.775.